The molecule has 2 rings (SSSR count). The second-order valence-electron chi connectivity index (χ2n) is 6.02. The smallest absolute Gasteiger partial charge is 0.257 e. The molecule has 21 heavy (non-hydrogen) atoms. The van der Waals surface area contributed by atoms with Gasteiger partial charge in [0, 0.05) is 25.3 Å². The number of hydrogen-bond acceptors (Lipinski definition) is 4. The van der Waals surface area contributed by atoms with Gasteiger partial charge in [0.25, 0.3) is 5.91 Å². The molecule has 1 fully saturated rings. The molecule has 1 atom stereocenters. The Balaban J connectivity index is 2.12. The Hall–Kier alpha value is -1.62. The van der Waals surface area contributed by atoms with E-state index >= 15 is 0 Å². The predicted octanol–water partition coefficient (Wildman–Crippen LogP) is 1.97. The third-order valence-corrected chi connectivity index (χ3v) is 3.76. The van der Waals surface area contributed by atoms with Crippen molar-refractivity contribution in [3.63, 3.8) is 0 Å². The van der Waals surface area contributed by atoms with Crippen molar-refractivity contribution in [1.29, 1.82) is 0 Å². The number of pyridine rings is 1. The van der Waals surface area contributed by atoms with E-state index in [0.29, 0.717) is 17.3 Å². The molecular formula is C16H26N4O. The van der Waals surface area contributed by atoms with Gasteiger partial charge in [-0.05, 0) is 58.3 Å². The number of nitrogens with one attached hydrogen (secondary N) is 2. The number of carbonyl (C=O) groups excluding carboxylic acids is 1. The molecule has 2 heterocycles. The summed E-state index contributed by atoms with van der Waals surface area (Å²) < 4.78 is 0. The van der Waals surface area contributed by atoms with Gasteiger partial charge in [-0.25, -0.2) is 4.98 Å². The largest absolute Gasteiger partial charge is 0.367 e. The Morgan fingerprint density at radius 2 is 2.33 bits per heavy atom. The third-order valence-electron chi connectivity index (χ3n) is 3.76. The van der Waals surface area contributed by atoms with Crippen LogP contribution in [0.3, 0.4) is 0 Å². The minimum atomic E-state index is 0.0899. The second kappa shape index (κ2) is 7.41. The topological polar surface area (TPSA) is 57.3 Å². The Morgan fingerprint density at radius 3 is 3.05 bits per heavy atom. The van der Waals surface area contributed by atoms with Crippen LogP contribution in [-0.4, -0.2) is 48.5 Å². The standard InChI is InChI=1S/C16H26N4O/c1-12(2)19-15-14(7-4-8-18-15)16(21)20-9-5-6-13(11-20)10-17-3/h4,7-8,12-13,17H,5-6,9-11H2,1-3H3,(H,18,19). The number of amides is 1. The number of nitrogens with zero attached hydrogens (tertiary/aromatic N) is 2. The first-order valence-electron chi connectivity index (χ1n) is 7.77. The highest BCUT2D eigenvalue weighted by molar-refractivity contribution is 5.98. The quantitative estimate of drug-likeness (QED) is 0.870. The van der Waals surface area contributed by atoms with Gasteiger partial charge in [-0.3, -0.25) is 4.79 Å². The van der Waals surface area contributed by atoms with Crippen molar-refractivity contribution in [3.8, 4) is 0 Å². The molecule has 0 aromatic carbocycles. The summed E-state index contributed by atoms with van der Waals surface area (Å²) in [6.45, 7) is 6.73. The Morgan fingerprint density at radius 1 is 1.52 bits per heavy atom. The number of hydrogen-bond donors (Lipinski definition) is 2. The number of carbonyl (C=O) groups is 1. The van der Waals surface area contributed by atoms with Crippen LogP contribution >= 0.6 is 0 Å². The molecule has 116 valence electrons. The van der Waals surface area contributed by atoms with Gasteiger partial charge in [0.15, 0.2) is 0 Å². The van der Waals surface area contributed by atoms with Crippen LogP contribution in [0.1, 0.15) is 37.0 Å². The molecule has 1 saturated heterocycles. The summed E-state index contributed by atoms with van der Waals surface area (Å²) in [5, 5.41) is 6.47. The molecule has 5 heteroatoms. The van der Waals surface area contributed by atoms with Crippen LogP contribution < -0.4 is 10.6 Å². The molecule has 0 saturated carbocycles. The van der Waals surface area contributed by atoms with Crippen molar-refractivity contribution in [2.45, 2.75) is 32.7 Å². The van der Waals surface area contributed by atoms with E-state index in [0.717, 1.165) is 26.1 Å². The Bertz CT molecular complexity index is 473. The van der Waals surface area contributed by atoms with E-state index in [1.165, 1.54) is 6.42 Å². The lowest BCUT2D eigenvalue weighted by molar-refractivity contribution is 0.0675. The number of likely N-dealkylation sites (tertiary alicyclic amines) is 1. The summed E-state index contributed by atoms with van der Waals surface area (Å²) in [5.74, 6) is 1.33. The van der Waals surface area contributed by atoms with Crippen LogP contribution in [0.5, 0.6) is 0 Å². The highest BCUT2D eigenvalue weighted by atomic mass is 16.2. The van der Waals surface area contributed by atoms with Crippen molar-refractivity contribution >= 4 is 11.7 Å². The molecule has 0 bridgehead atoms. The molecule has 2 N–H and O–H groups in total. The summed E-state index contributed by atoms with van der Waals surface area (Å²) in [6, 6.07) is 3.94. The minimum Gasteiger partial charge on any atom is -0.367 e. The number of piperidine rings is 1. The van der Waals surface area contributed by atoms with Crippen molar-refractivity contribution < 1.29 is 4.79 Å². The van der Waals surface area contributed by atoms with Gasteiger partial charge in [0.05, 0.1) is 5.56 Å². The SMILES string of the molecule is CNCC1CCCN(C(=O)c2cccnc2NC(C)C)C1. The first-order chi connectivity index (χ1) is 10.1. The summed E-state index contributed by atoms with van der Waals surface area (Å²) in [6.07, 6.45) is 3.99. The molecule has 1 aliphatic rings. The molecule has 5 nitrogen and oxygen atoms in total. The maximum atomic E-state index is 12.8. The number of aromatic nitrogens is 1. The third kappa shape index (κ3) is 4.17. The van der Waals surface area contributed by atoms with Crippen molar-refractivity contribution in [2.24, 2.45) is 5.92 Å². The molecule has 1 aliphatic heterocycles. The molecular weight excluding hydrogens is 264 g/mol. The van der Waals surface area contributed by atoms with E-state index in [4.69, 9.17) is 0 Å². The van der Waals surface area contributed by atoms with Gasteiger partial charge in [0.1, 0.15) is 5.82 Å². The van der Waals surface area contributed by atoms with E-state index in [2.05, 4.69) is 15.6 Å². The average molecular weight is 290 g/mol. The first-order valence-corrected chi connectivity index (χ1v) is 7.77. The maximum Gasteiger partial charge on any atom is 0.257 e. The molecule has 1 aromatic heterocycles. The van der Waals surface area contributed by atoms with Crippen LogP contribution in [0.15, 0.2) is 18.3 Å². The molecule has 1 amide bonds. The summed E-state index contributed by atoms with van der Waals surface area (Å²) >= 11 is 0. The van der Waals surface area contributed by atoms with Crippen LogP contribution in [0.4, 0.5) is 5.82 Å². The lowest BCUT2D eigenvalue weighted by atomic mass is 9.97. The lowest BCUT2D eigenvalue weighted by Crippen LogP contribution is -2.42. The van der Waals surface area contributed by atoms with Gasteiger partial charge in [-0.1, -0.05) is 0 Å². The average Bonchev–Trinajstić information content (AvgIpc) is 2.47. The fraction of sp³-hybridized carbons (Fsp3) is 0.625. The van der Waals surface area contributed by atoms with Crippen molar-refractivity contribution in [1.82, 2.24) is 15.2 Å². The molecule has 0 aliphatic carbocycles. The number of anilines is 1. The highest BCUT2D eigenvalue weighted by Gasteiger charge is 2.25. The molecule has 1 aromatic rings. The van der Waals surface area contributed by atoms with Crippen LogP contribution in [0, 0.1) is 5.92 Å². The van der Waals surface area contributed by atoms with Crippen molar-refractivity contribution in [3.05, 3.63) is 23.9 Å². The zero-order valence-electron chi connectivity index (χ0n) is 13.2. The van der Waals surface area contributed by atoms with E-state index < -0.39 is 0 Å². The predicted molar refractivity (Wildman–Crippen MR) is 85.5 cm³/mol. The van der Waals surface area contributed by atoms with E-state index in [1.807, 2.05) is 37.9 Å². The monoisotopic (exact) mass is 290 g/mol. The van der Waals surface area contributed by atoms with Crippen LogP contribution in [-0.2, 0) is 0 Å². The van der Waals surface area contributed by atoms with Gasteiger partial charge in [0.2, 0.25) is 0 Å². The van der Waals surface area contributed by atoms with Gasteiger partial charge >= 0.3 is 0 Å². The van der Waals surface area contributed by atoms with Gasteiger partial charge in [-0.15, -0.1) is 0 Å². The Labute approximate surface area is 127 Å². The van der Waals surface area contributed by atoms with Crippen molar-refractivity contribution in [2.75, 3.05) is 32.0 Å². The summed E-state index contributed by atoms with van der Waals surface area (Å²) in [7, 11) is 1.96. The second-order valence-corrected chi connectivity index (χ2v) is 6.02. The molecule has 0 radical (unpaired) electrons. The zero-order chi connectivity index (χ0) is 15.2. The van der Waals surface area contributed by atoms with Crippen LogP contribution in [0.25, 0.3) is 0 Å². The van der Waals surface area contributed by atoms with E-state index in [-0.39, 0.29) is 11.9 Å². The molecule has 0 spiro atoms. The van der Waals surface area contributed by atoms with Crippen LogP contribution in [0.2, 0.25) is 0 Å². The normalized spacial score (nSPS) is 18.9. The lowest BCUT2D eigenvalue weighted by Gasteiger charge is -2.33. The first kappa shape index (κ1) is 15.8. The number of rotatable bonds is 5. The maximum absolute atomic E-state index is 12.8. The van der Waals surface area contributed by atoms with Gasteiger partial charge < -0.3 is 15.5 Å². The fourth-order valence-corrected chi connectivity index (χ4v) is 2.84. The van der Waals surface area contributed by atoms with E-state index in [1.54, 1.807) is 6.20 Å². The summed E-state index contributed by atoms with van der Waals surface area (Å²) in [4.78, 5) is 19.1. The van der Waals surface area contributed by atoms with E-state index in [9.17, 15) is 4.79 Å². The van der Waals surface area contributed by atoms with Gasteiger partial charge in [-0.2, -0.15) is 0 Å². The Kier molecular flexibility index (Phi) is 5.56. The summed E-state index contributed by atoms with van der Waals surface area (Å²) in [5.41, 5.74) is 0.677. The highest BCUT2D eigenvalue weighted by Crippen LogP contribution is 2.21. The minimum absolute atomic E-state index is 0.0899. The molecule has 1 unspecified atom stereocenters. The fourth-order valence-electron chi connectivity index (χ4n) is 2.84. The zero-order valence-corrected chi connectivity index (χ0v) is 13.2.